The largest absolute Gasteiger partial charge is 0.349 e. The molecular weight excluding hydrogens is 460 g/mol. The van der Waals surface area contributed by atoms with Crippen molar-refractivity contribution in [2.45, 2.75) is 38.6 Å². The van der Waals surface area contributed by atoms with E-state index in [9.17, 15) is 14.4 Å². The van der Waals surface area contributed by atoms with Gasteiger partial charge in [-0.2, -0.15) is 0 Å². The van der Waals surface area contributed by atoms with Crippen LogP contribution in [0.3, 0.4) is 0 Å². The predicted octanol–water partition coefficient (Wildman–Crippen LogP) is 5.89. The third kappa shape index (κ3) is 6.31. The number of hydrogen-bond acceptors (Lipinski definition) is 3. The summed E-state index contributed by atoms with van der Waals surface area (Å²) in [5.41, 5.74) is 3.57. The Morgan fingerprint density at radius 3 is 2.16 bits per heavy atom. The molecule has 0 fully saturated rings. The average molecular weight is 493 g/mol. The smallest absolute Gasteiger partial charge is 0.251 e. The summed E-state index contributed by atoms with van der Waals surface area (Å²) in [5, 5.41) is 7.88. The number of nitrogens with one attached hydrogen (secondary N) is 2. The highest BCUT2D eigenvalue weighted by atomic mass is 16.2. The zero-order chi connectivity index (χ0) is 26.2. The molecule has 2 N–H and O–H groups in total. The van der Waals surface area contributed by atoms with Gasteiger partial charge in [-0.25, -0.2) is 0 Å². The van der Waals surface area contributed by atoms with E-state index in [1.165, 1.54) is 6.92 Å². The summed E-state index contributed by atoms with van der Waals surface area (Å²) in [6.07, 6.45) is 1.57. The van der Waals surface area contributed by atoms with Gasteiger partial charge in [-0.05, 0) is 46.0 Å². The van der Waals surface area contributed by atoms with Crippen molar-refractivity contribution in [3.8, 4) is 11.1 Å². The maximum atomic E-state index is 13.3. The molecule has 2 atom stereocenters. The third-order valence-corrected chi connectivity index (χ3v) is 6.62. The van der Waals surface area contributed by atoms with Crippen molar-refractivity contribution in [1.29, 1.82) is 0 Å². The zero-order valence-electron chi connectivity index (χ0n) is 21.2. The third-order valence-electron chi connectivity index (χ3n) is 6.62. The summed E-state index contributed by atoms with van der Waals surface area (Å²) in [7, 11) is 0. The molecule has 0 aliphatic rings. The average Bonchev–Trinajstić information content (AvgIpc) is 2.93. The van der Waals surface area contributed by atoms with Crippen LogP contribution in [0, 0.1) is 0 Å². The Kier molecular flexibility index (Phi) is 8.47. The monoisotopic (exact) mass is 492 g/mol. The van der Waals surface area contributed by atoms with Gasteiger partial charge in [0.1, 0.15) is 0 Å². The van der Waals surface area contributed by atoms with Crippen molar-refractivity contribution in [1.82, 2.24) is 10.6 Å². The minimum Gasteiger partial charge on any atom is -0.349 e. The lowest BCUT2D eigenvalue weighted by molar-refractivity contribution is -0.125. The molecule has 0 saturated heterocycles. The fourth-order valence-corrected chi connectivity index (χ4v) is 4.77. The van der Waals surface area contributed by atoms with Gasteiger partial charge < -0.3 is 10.6 Å². The molecule has 0 bridgehead atoms. The molecule has 2 amide bonds. The highest BCUT2D eigenvalue weighted by Crippen LogP contribution is 2.29. The predicted molar refractivity (Wildman–Crippen MR) is 148 cm³/mol. The molecule has 4 aromatic carbocycles. The van der Waals surface area contributed by atoms with Gasteiger partial charge in [0, 0.05) is 18.4 Å². The zero-order valence-corrected chi connectivity index (χ0v) is 21.2. The maximum Gasteiger partial charge on any atom is 0.251 e. The highest BCUT2D eigenvalue weighted by Gasteiger charge is 2.30. The molecule has 4 rings (SSSR count). The van der Waals surface area contributed by atoms with Crippen LogP contribution in [0.4, 0.5) is 0 Å². The highest BCUT2D eigenvalue weighted by molar-refractivity contribution is 6.01. The van der Waals surface area contributed by atoms with Gasteiger partial charge in [-0.3, -0.25) is 14.4 Å². The van der Waals surface area contributed by atoms with E-state index in [0.717, 1.165) is 40.3 Å². The molecule has 0 heterocycles. The van der Waals surface area contributed by atoms with Gasteiger partial charge in [-0.15, -0.1) is 0 Å². The first-order chi connectivity index (χ1) is 18.0. The van der Waals surface area contributed by atoms with E-state index in [2.05, 4.69) is 41.8 Å². The van der Waals surface area contributed by atoms with Crippen molar-refractivity contribution in [3.05, 3.63) is 108 Å². The fourth-order valence-electron chi connectivity index (χ4n) is 4.77. The van der Waals surface area contributed by atoms with Crippen LogP contribution >= 0.6 is 0 Å². The molecule has 0 aliphatic heterocycles. The standard InChI is InChI=1S/C32H32N2O3/c1-3-10-29(24-11-5-4-6-12-24)31(30(36)21-33-22(2)35)34-32(37)26-19-17-25(18-20-26)28-16-9-14-23-13-7-8-15-27(23)28/h4-9,11-20,29,31H,3,10,21H2,1-2H3,(H,33,35)(H,34,37). The molecule has 4 aromatic rings. The lowest BCUT2D eigenvalue weighted by atomic mass is 9.85. The van der Waals surface area contributed by atoms with E-state index >= 15 is 0 Å². The summed E-state index contributed by atoms with van der Waals surface area (Å²) in [4.78, 5) is 38.0. The minimum absolute atomic E-state index is 0.132. The number of benzene rings is 4. The van der Waals surface area contributed by atoms with Crippen molar-refractivity contribution < 1.29 is 14.4 Å². The lowest BCUT2D eigenvalue weighted by Crippen LogP contribution is -2.48. The Hall–Kier alpha value is -4.25. The number of amides is 2. The Bertz CT molecular complexity index is 1380. The Morgan fingerprint density at radius 2 is 1.46 bits per heavy atom. The number of fused-ring (bicyclic) bond motifs is 1. The number of hydrogen-bond donors (Lipinski definition) is 2. The van der Waals surface area contributed by atoms with E-state index in [-0.39, 0.29) is 30.1 Å². The first-order valence-corrected chi connectivity index (χ1v) is 12.7. The summed E-state index contributed by atoms with van der Waals surface area (Å²) in [6, 6.07) is 30.8. The van der Waals surface area contributed by atoms with Crippen molar-refractivity contribution >= 4 is 28.4 Å². The second-order valence-corrected chi connectivity index (χ2v) is 9.24. The van der Waals surface area contributed by atoms with Crippen LogP contribution in [-0.4, -0.2) is 30.2 Å². The van der Waals surface area contributed by atoms with Crippen molar-refractivity contribution in [2.75, 3.05) is 6.54 Å². The van der Waals surface area contributed by atoms with Gasteiger partial charge in [0.05, 0.1) is 12.6 Å². The van der Waals surface area contributed by atoms with E-state index in [1.54, 1.807) is 12.1 Å². The molecule has 0 aliphatic carbocycles. The van der Waals surface area contributed by atoms with E-state index in [0.29, 0.717) is 5.56 Å². The molecule has 0 saturated carbocycles. The van der Waals surface area contributed by atoms with Gasteiger partial charge >= 0.3 is 0 Å². The first kappa shape index (κ1) is 25.8. The molecular formula is C32H32N2O3. The van der Waals surface area contributed by atoms with Crippen LogP contribution in [-0.2, 0) is 9.59 Å². The van der Waals surface area contributed by atoms with E-state index < -0.39 is 6.04 Å². The molecule has 5 nitrogen and oxygen atoms in total. The summed E-state index contributed by atoms with van der Waals surface area (Å²) >= 11 is 0. The summed E-state index contributed by atoms with van der Waals surface area (Å²) in [5.74, 6) is -1.03. The molecule has 188 valence electrons. The topological polar surface area (TPSA) is 75.3 Å². The van der Waals surface area contributed by atoms with E-state index in [4.69, 9.17) is 0 Å². The SMILES string of the molecule is CCCC(c1ccccc1)C(NC(=O)c1ccc(-c2cccc3ccccc23)cc1)C(=O)CNC(C)=O. The molecule has 0 aromatic heterocycles. The quantitative estimate of drug-likeness (QED) is 0.290. The van der Waals surface area contributed by atoms with Crippen LogP contribution < -0.4 is 10.6 Å². The van der Waals surface area contributed by atoms with E-state index in [1.807, 2.05) is 60.7 Å². The van der Waals surface area contributed by atoms with Crippen molar-refractivity contribution in [2.24, 2.45) is 0 Å². The van der Waals surface area contributed by atoms with Crippen LogP contribution in [0.5, 0.6) is 0 Å². The van der Waals surface area contributed by atoms with Crippen LogP contribution in [0.2, 0.25) is 0 Å². The van der Waals surface area contributed by atoms with Crippen LogP contribution in [0.15, 0.2) is 97.1 Å². The van der Waals surface area contributed by atoms with Crippen LogP contribution in [0.1, 0.15) is 48.5 Å². The number of rotatable bonds is 10. The lowest BCUT2D eigenvalue weighted by Gasteiger charge is -2.27. The van der Waals surface area contributed by atoms with Crippen LogP contribution in [0.25, 0.3) is 21.9 Å². The first-order valence-electron chi connectivity index (χ1n) is 12.7. The van der Waals surface area contributed by atoms with Crippen molar-refractivity contribution in [3.63, 3.8) is 0 Å². The summed E-state index contributed by atoms with van der Waals surface area (Å²) < 4.78 is 0. The Morgan fingerprint density at radius 1 is 0.784 bits per heavy atom. The number of Topliss-reactive ketones (excluding diaryl/α,β-unsaturated/α-hetero) is 1. The fraction of sp³-hybridized carbons (Fsp3) is 0.219. The van der Waals surface area contributed by atoms with Gasteiger partial charge in [-0.1, -0.05) is 98.3 Å². The second kappa shape index (κ2) is 12.1. The molecule has 5 heteroatoms. The normalized spacial score (nSPS) is 12.5. The molecule has 37 heavy (non-hydrogen) atoms. The maximum absolute atomic E-state index is 13.3. The number of carbonyl (C=O) groups excluding carboxylic acids is 3. The second-order valence-electron chi connectivity index (χ2n) is 9.24. The number of carbonyl (C=O) groups is 3. The molecule has 0 radical (unpaired) electrons. The minimum atomic E-state index is -0.764. The van der Waals surface area contributed by atoms with Gasteiger partial charge in [0.25, 0.3) is 5.91 Å². The van der Waals surface area contributed by atoms with Gasteiger partial charge in [0.2, 0.25) is 5.91 Å². The molecule has 2 unspecified atom stereocenters. The Labute approximate surface area is 217 Å². The summed E-state index contributed by atoms with van der Waals surface area (Å²) in [6.45, 7) is 3.30. The number of ketones is 1. The molecule has 0 spiro atoms. The Balaban J connectivity index is 1.60. The van der Waals surface area contributed by atoms with Gasteiger partial charge in [0.15, 0.2) is 5.78 Å².